The molecule has 5 heteroatoms. The maximum absolute atomic E-state index is 13.3. The molecule has 2 aromatic rings. The summed E-state index contributed by atoms with van der Waals surface area (Å²) in [7, 11) is 0. The summed E-state index contributed by atoms with van der Waals surface area (Å²) in [5.41, 5.74) is 3.33. The Bertz CT molecular complexity index is 682. The van der Waals surface area contributed by atoms with Crippen LogP contribution in [0.15, 0.2) is 40.9 Å². The van der Waals surface area contributed by atoms with Crippen LogP contribution in [-0.2, 0) is 6.42 Å². The maximum Gasteiger partial charge on any atom is 0.255 e. The zero-order chi connectivity index (χ0) is 14.8. The molecule has 0 unspecified atom stereocenters. The molecule has 1 heterocycles. The fourth-order valence-corrected chi connectivity index (χ4v) is 2.91. The number of aryl methyl sites for hydroxylation is 1. The Balaban J connectivity index is 1.81. The van der Waals surface area contributed by atoms with Crippen molar-refractivity contribution in [1.29, 1.82) is 0 Å². The van der Waals surface area contributed by atoms with Crippen molar-refractivity contribution in [3.05, 3.63) is 57.8 Å². The zero-order valence-corrected chi connectivity index (χ0v) is 12.8. The summed E-state index contributed by atoms with van der Waals surface area (Å²) in [6.45, 7) is 0.982. The number of carbonyl (C=O) groups is 1. The topological polar surface area (TPSA) is 41.1 Å². The Hall–Kier alpha value is -1.88. The highest BCUT2D eigenvalue weighted by atomic mass is 79.9. The highest BCUT2D eigenvalue weighted by molar-refractivity contribution is 9.10. The lowest BCUT2D eigenvalue weighted by Gasteiger charge is -2.18. The molecule has 0 bridgehead atoms. The quantitative estimate of drug-likeness (QED) is 0.853. The summed E-state index contributed by atoms with van der Waals surface area (Å²) in [5.74, 6) is -0.761. The van der Waals surface area contributed by atoms with Gasteiger partial charge in [0.15, 0.2) is 0 Å². The van der Waals surface area contributed by atoms with Crippen LogP contribution >= 0.6 is 15.9 Å². The smallest absolute Gasteiger partial charge is 0.255 e. The molecule has 0 spiro atoms. The highest BCUT2D eigenvalue weighted by Gasteiger charge is 2.12. The number of hydrogen-bond donors (Lipinski definition) is 2. The van der Waals surface area contributed by atoms with Crippen LogP contribution in [0.5, 0.6) is 0 Å². The predicted molar refractivity (Wildman–Crippen MR) is 85.3 cm³/mol. The second-order valence-corrected chi connectivity index (χ2v) is 5.93. The first-order valence-electron chi connectivity index (χ1n) is 6.76. The van der Waals surface area contributed by atoms with Gasteiger partial charge in [0.05, 0.1) is 0 Å². The second-order valence-electron chi connectivity index (χ2n) is 5.01. The van der Waals surface area contributed by atoms with Gasteiger partial charge in [-0.2, -0.15) is 0 Å². The number of benzene rings is 2. The van der Waals surface area contributed by atoms with Crippen molar-refractivity contribution in [2.45, 2.75) is 12.8 Å². The SMILES string of the molecule is O=C(Nc1ccc2c(c1)CCCN2)c1cc(F)cc(Br)c1. The van der Waals surface area contributed by atoms with Crippen LogP contribution in [0.2, 0.25) is 0 Å². The molecule has 3 rings (SSSR count). The van der Waals surface area contributed by atoms with Crippen molar-refractivity contribution in [2.75, 3.05) is 17.2 Å². The summed E-state index contributed by atoms with van der Waals surface area (Å²) in [4.78, 5) is 12.2. The van der Waals surface area contributed by atoms with E-state index in [9.17, 15) is 9.18 Å². The standard InChI is InChI=1S/C16H14BrFN2O/c17-12-6-11(7-13(18)9-12)16(21)20-14-3-4-15-10(8-14)2-1-5-19-15/h3-4,6-9,19H,1-2,5H2,(H,20,21). The van der Waals surface area contributed by atoms with Crippen molar-refractivity contribution in [3.63, 3.8) is 0 Å². The molecular weight excluding hydrogens is 335 g/mol. The number of fused-ring (bicyclic) bond motifs is 1. The molecule has 21 heavy (non-hydrogen) atoms. The van der Waals surface area contributed by atoms with Gasteiger partial charge in [-0.1, -0.05) is 15.9 Å². The molecule has 1 aliphatic heterocycles. The predicted octanol–water partition coefficient (Wildman–Crippen LogP) is 4.20. The molecule has 1 aliphatic rings. The summed E-state index contributed by atoms with van der Waals surface area (Å²) >= 11 is 3.19. The zero-order valence-electron chi connectivity index (χ0n) is 11.2. The van der Waals surface area contributed by atoms with E-state index in [1.165, 1.54) is 17.7 Å². The van der Waals surface area contributed by atoms with Gasteiger partial charge in [0.2, 0.25) is 0 Å². The van der Waals surface area contributed by atoms with E-state index in [4.69, 9.17) is 0 Å². The molecule has 0 atom stereocenters. The molecule has 3 nitrogen and oxygen atoms in total. The third-order valence-corrected chi connectivity index (χ3v) is 3.88. The van der Waals surface area contributed by atoms with E-state index < -0.39 is 5.82 Å². The Labute approximate surface area is 130 Å². The van der Waals surface area contributed by atoms with Crippen molar-refractivity contribution in [3.8, 4) is 0 Å². The number of rotatable bonds is 2. The fourth-order valence-electron chi connectivity index (χ4n) is 2.44. The lowest BCUT2D eigenvalue weighted by Crippen LogP contribution is -2.15. The van der Waals surface area contributed by atoms with E-state index in [0.29, 0.717) is 4.47 Å². The van der Waals surface area contributed by atoms with Gasteiger partial charge in [-0.15, -0.1) is 0 Å². The number of carbonyl (C=O) groups excluding carboxylic acids is 1. The number of hydrogen-bond acceptors (Lipinski definition) is 2. The lowest BCUT2D eigenvalue weighted by molar-refractivity contribution is 0.102. The third-order valence-electron chi connectivity index (χ3n) is 3.43. The highest BCUT2D eigenvalue weighted by Crippen LogP contribution is 2.25. The van der Waals surface area contributed by atoms with Gasteiger partial charge in [-0.3, -0.25) is 4.79 Å². The van der Waals surface area contributed by atoms with Gasteiger partial charge in [0.1, 0.15) is 5.82 Å². The van der Waals surface area contributed by atoms with E-state index in [1.807, 2.05) is 18.2 Å². The van der Waals surface area contributed by atoms with Crippen molar-refractivity contribution >= 4 is 33.2 Å². The minimum Gasteiger partial charge on any atom is -0.385 e. The molecular formula is C16H14BrFN2O. The Morgan fingerprint density at radius 1 is 1.24 bits per heavy atom. The van der Waals surface area contributed by atoms with Gasteiger partial charge < -0.3 is 10.6 Å². The number of anilines is 2. The van der Waals surface area contributed by atoms with Crippen LogP contribution in [0.1, 0.15) is 22.3 Å². The molecule has 0 saturated heterocycles. The fraction of sp³-hybridized carbons (Fsp3) is 0.188. The van der Waals surface area contributed by atoms with Crippen LogP contribution in [0.3, 0.4) is 0 Å². The monoisotopic (exact) mass is 348 g/mol. The average molecular weight is 349 g/mol. The number of nitrogens with one attached hydrogen (secondary N) is 2. The van der Waals surface area contributed by atoms with Gasteiger partial charge in [-0.05, 0) is 54.8 Å². The van der Waals surface area contributed by atoms with E-state index in [1.54, 1.807) is 6.07 Å². The van der Waals surface area contributed by atoms with Crippen molar-refractivity contribution < 1.29 is 9.18 Å². The van der Waals surface area contributed by atoms with E-state index >= 15 is 0 Å². The lowest BCUT2D eigenvalue weighted by atomic mass is 10.0. The van der Waals surface area contributed by atoms with Crippen LogP contribution in [0.4, 0.5) is 15.8 Å². The van der Waals surface area contributed by atoms with Crippen molar-refractivity contribution in [1.82, 2.24) is 0 Å². The molecule has 108 valence electrons. The molecule has 1 amide bonds. The first kappa shape index (κ1) is 14.1. The molecule has 2 N–H and O–H groups in total. The van der Waals surface area contributed by atoms with Gasteiger partial charge in [0, 0.05) is 28.0 Å². The molecule has 0 fully saturated rings. The second kappa shape index (κ2) is 5.85. The summed E-state index contributed by atoms with van der Waals surface area (Å²) < 4.78 is 13.9. The Kier molecular flexibility index (Phi) is 3.92. The molecule has 0 aromatic heterocycles. The van der Waals surface area contributed by atoms with Gasteiger partial charge in [0.25, 0.3) is 5.91 Å². The molecule has 2 aromatic carbocycles. The van der Waals surface area contributed by atoms with Crippen LogP contribution < -0.4 is 10.6 Å². The minimum atomic E-state index is -0.441. The van der Waals surface area contributed by atoms with E-state index in [0.717, 1.165) is 30.8 Å². The molecule has 0 radical (unpaired) electrons. The Morgan fingerprint density at radius 3 is 2.90 bits per heavy atom. The largest absolute Gasteiger partial charge is 0.385 e. The first-order valence-corrected chi connectivity index (χ1v) is 7.55. The van der Waals surface area contributed by atoms with Gasteiger partial charge >= 0.3 is 0 Å². The average Bonchev–Trinajstić information content (AvgIpc) is 2.46. The van der Waals surface area contributed by atoms with Crippen LogP contribution in [0, 0.1) is 5.82 Å². The number of amides is 1. The van der Waals surface area contributed by atoms with Crippen LogP contribution in [-0.4, -0.2) is 12.5 Å². The number of halogens is 2. The van der Waals surface area contributed by atoms with E-state index in [-0.39, 0.29) is 11.5 Å². The molecule has 0 saturated carbocycles. The summed E-state index contributed by atoms with van der Waals surface area (Å²) in [5, 5.41) is 6.13. The maximum atomic E-state index is 13.3. The minimum absolute atomic E-state index is 0.290. The normalized spacial score (nSPS) is 13.2. The Morgan fingerprint density at radius 2 is 2.10 bits per heavy atom. The summed E-state index contributed by atoms with van der Waals surface area (Å²) in [6.07, 6.45) is 2.08. The van der Waals surface area contributed by atoms with Gasteiger partial charge in [-0.25, -0.2) is 4.39 Å². The van der Waals surface area contributed by atoms with Crippen LogP contribution in [0.25, 0.3) is 0 Å². The van der Waals surface area contributed by atoms with E-state index in [2.05, 4.69) is 26.6 Å². The molecule has 0 aliphatic carbocycles. The summed E-state index contributed by atoms with van der Waals surface area (Å²) in [6, 6.07) is 9.92. The third kappa shape index (κ3) is 3.24. The first-order chi connectivity index (χ1) is 10.1. The van der Waals surface area contributed by atoms with Crippen molar-refractivity contribution in [2.24, 2.45) is 0 Å².